The Hall–Kier alpha value is -2.25. The molecule has 1 N–H and O–H groups in total. The summed E-state index contributed by atoms with van der Waals surface area (Å²) in [6.07, 6.45) is 8.40. The van der Waals surface area contributed by atoms with Crippen LogP contribution in [0.25, 0.3) is 20.3 Å². The Kier molecular flexibility index (Phi) is 5.56. The van der Waals surface area contributed by atoms with Gasteiger partial charge in [0.2, 0.25) is 5.91 Å². The van der Waals surface area contributed by atoms with Crippen LogP contribution < -0.4 is 5.32 Å². The number of carbonyl (C=O) groups is 1. The van der Waals surface area contributed by atoms with Crippen molar-refractivity contribution in [3.8, 4) is 0 Å². The lowest BCUT2D eigenvalue weighted by Crippen LogP contribution is -2.44. The Labute approximate surface area is 181 Å². The second-order valence-electron chi connectivity index (χ2n) is 8.65. The Morgan fingerprint density at radius 1 is 1.17 bits per heavy atom. The number of likely N-dealkylation sites (tertiary alicyclic amines) is 1. The molecular weight excluding hydrogens is 394 g/mol. The predicted octanol–water partition coefficient (Wildman–Crippen LogP) is 4.12. The third-order valence-corrected chi connectivity index (χ3v) is 7.76. The summed E-state index contributed by atoms with van der Waals surface area (Å²) in [6, 6.07) is 9.37. The highest BCUT2D eigenvalue weighted by Crippen LogP contribution is 2.36. The van der Waals surface area contributed by atoms with Gasteiger partial charge in [-0.25, -0.2) is 9.97 Å². The van der Waals surface area contributed by atoms with Gasteiger partial charge in [0.15, 0.2) is 0 Å². The number of aromatic nitrogens is 2. The van der Waals surface area contributed by atoms with Crippen LogP contribution in [0, 0.1) is 0 Å². The molecule has 0 unspecified atom stereocenters. The van der Waals surface area contributed by atoms with Gasteiger partial charge in [0.1, 0.15) is 17.0 Å². The van der Waals surface area contributed by atoms with E-state index in [0.717, 1.165) is 67.6 Å². The van der Waals surface area contributed by atoms with Gasteiger partial charge in [0.05, 0.1) is 11.9 Å². The summed E-state index contributed by atoms with van der Waals surface area (Å²) in [6.45, 7) is 2.43. The molecule has 3 aromatic rings. The van der Waals surface area contributed by atoms with Crippen molar-refractivity contribution in [1.82, 2.24) is 19.8 Å². The zero-order valence-corrected chi connectivity index (χ0v) is 18.3. The lowest BCUT2D eigenvalue weighted by molar-refractivity contribution is -0.131. The largest absolute Gasteiger partial charge is 0.367 e. The highest BCUT2D eigenvalue weighted by Gasteiger charge is 2.27. The van der Waals surface area contributed by atoms with Gasteiger partial charge in [-0.3, -0.25) is 9.69 Å². The van der Waals surface area contributed by atoms with Crippen molar-refractivity contribution < 1.29 is 4.79 Å². The fraction of sp³-hybridized carbons (Fsp3) is 0.522. The number of hydrogen-bond donors (Lipinski definition) is 1. The molecule has 0 bridgehead atoms. The SMILES string of the molecule is CN(CC(=O)N1CCCC1)[C@H]1CC[C@H](Nc2ncnc3sc4ccccc4c23)CC1. The van der Waals surface area contributed by atoms with Gasteiger partial charge < -0.3 is 10.2 Å². The summed E-state index contributed by atoms with van der Waals surface area (Å²) in [7, 11) is 2.11. The minimum absolute atomic E-state index is 0.294. The van der Waals surface area contributed by atoms with E-state index >= 15 is 0 Å². The average molecular weight is 424 g/mol. The first-order chi connectivity index (χ1) is 14.7. The van der Waals surface area contributed by atoms with Crippen LogP contribution in [0.4, 0.5) is 5.82 Å². The predicted molar refractivity (Wildman–Crippen MR) is 123 cm³/mol. The maximum Gasteiger partial charge on any atom is 0.236 e. The summed E-state index contributed by atoms with van der Waals surface area (Å²) in [5, 5.41) is 6.09. The monoisotopic (exact) mass is 423 g/mol. The smallest absolute Gasteiger partial charge is 0.236 e. The van der Waals surface area contributed by atoms with Gasteiger partial charge in [0, 0.05) is 35.3 Å². The summed E-state index contributed by atoms with van der Waals surface area (Å²) in [5.74, 6) is 1.25. The fourth-order valence-corrected chi connectivity index (χ4v) is 5.97. The Morgan fingerprint density at radius 2 is 1.93 bits per heavy atom. The Bertz CT molecular complexity index is 1040. The van der Waals surface area contributed by atoms with Crippen LogP contribution in [0.2, 0.25) is 0 Å². The van der Waals surface area contributed by atoms with Gasteiger partial charge in [-0.15, -0.1) is 11.3 Å². The molecule has 1 saturated carbocycles. The molecule has 2 fully saturated rings. The zero-order valence-electron chi connectivity index (χ0n) is 17.5. The Morgan fingerprint density at radius 3 is 2.73 bits per heavy atom. The third-order valence-electron chi connectivity index (χ3n) is 6.68. The molecule has 2 aromatic heterocycles. The van der Waals surface area contributed by atoms with E-state index in [1.54, 1.807) is 17.7 Å². The van der Waals surface area contributed by atoms with Crippen molar-refractivity contribution in [2.45, 2.75) is 50.6 Å². The fourth-order valence-electron chi connectivity index (χ4n) is 4.93. The van der Waals surface area contributed by atoms with E-state index in [0.29, 0.717) is 24.5 Å². The molecule has 1 aliphatic heterocycles. The van der Waals surface area contributed by atoms with Gasteiger partial charge in [0.25, 0.3) is 0 Å². The number of nitrogens with one attached hydrogen (secondary N) is 1. The normalized spacial score (nSPS) is 22.3. The summed E-state index contributed by atoms with van der Waals surface area (Å²) in [4.78, 5) is 26.9. The molecule has 158 valence electrons. The quantitative estimate of drug-likeness (QED) is 0.669. The number of fused-ring (bicyclic) bond motifs is 3. The van der Waals surface area contributed by atoms with Crippen molar-refractivity contribution in [3.63, 3.8) is 0 Å². The number of anilines is 1. The first kappa shape index (κ1) is 19.7. The number of hydrogen-bond acceptors (Lipinski definition) is 6. The van der Waals surface area contributed by atoms with Gasteiger partial charge in [-0.05, 0) is 51.6 Å². The van der Waals surface area contributed by atoms with Crippen LogP contribution >= 0.6 is 11.3 Å². The highest BCUT2D eigenvalue weighted by molar-refractivity contribution is 7.25. The van der Waals surface area contributed by atoms with E-state index in [4.69, 9.17) is 0 Å². The van der Waals surface area contributed by atoms with Gasteiger partial charge in [-0.1, -0.05) is 18.2 Å². The topological polar surface area (TPSA) is 61.4 Å². The third kappa shape index (κ3) is 3.88. The number of carbonyl (C=O) groups excluding carboxylic acids is 1. The number of nitrogens with zero attached hydrogens (tertiary/aromatic N) is 4. The maximum atomic E-state index is 12.5. The van der Waals surface area contributed by atoms with E-state index in [-0.39, 0.29) is 0 Å². The minimum Gasteiger partial charge on any atom is -0.367 e. The summed E-state index contributed by atoms with van der Waals surface area (Å²) in [5.41, 5.74) is 0. The van der Waals surface area contributed by atoms with E-state index in [1.165, 1.54) is 10.1 Å². The molecule has 1 aromatic carbocycles. The second kappa shape index (κ2) is 8.47. The molecular formula is C23H29N5OS. The molecule has 2 aliphatic rings. The standard InChI is InChI=1S/C23H29N5OS/c1-27(14-20(29)28-12-4-5-13-28)17-10-8-16(9-11-17)26-22-21-18-6-2-3-7-19(18)30-23(21)25-15-24-22/h2-3,6-7,15-17H,4-5,8-14H2,1H3,(H,24,25,26)/t16-,17-. The van der Waals surface area contributed by atoms with Crippen LogP contribution in [0.15, 0.2) is 30.6 Å². The first-order valence-electron chi connectivity index (χ1n) is 11.1. The Balaban J connectivity index is 1.22. The van der Waals surface area contributed by atoms with Crippen molar-refractivity contribution >= 4 is 43.4 Å². The van der Waals surface area contributed by atoms with E-state index in [1.807, 2.05) is 4.90 Å². The van der Waals surface area contributed by atoms with E-state index in [9.17, 15) is 4.79 Å². The molecule has 30 heavy (non-hydrogen) atoms. The number of thiophene rings is 1. The summed E-state index contributed by atoms with van der Waals surface area (Å²) < 4.78 is 1.25. The second-order valence-corrected chi connectivity index (χ2v) is 9.68. The van der Waals surface area contributed by atoms with Crippen LogP contribution in [-0.4, -0.2) is 64.4 Å². The molecule has 1 amide bonds. The molecule has 3 heterocycles. The lowest BCUT2D eigenvalue weighted by atomic mass is 9.90. The molecule has 6 nitrogen and oxygen atoms in total. The molecule has 5 rings (SSSR count). The van der Waals surface area contributed by atoms with Crippen molar-refractivity contribution in [3.05, 3.63) is 30.6 Å². The van der Waals surface area contributed by atoms with Crippen LogP contribution in [-0.2, 0) is 4.79 Å². The van der Waals surface area contributed by atoms with Crippen molar-refractivity contribution in [1.29, 1.82) is 0 Å². The number of rotatable bonds is 5. The van der Waals surface area contributed by atoms with Crippen molar-refractivity contribution in [2.75, 3.05) is 32.0 Å². The zero-order chi connectivity index (χ0) is 20.5. The number of amides is 1. The van der Waals surface area contributed by atoms with Crippen LogP contribution in [0.3, 0.4) is 0 Å². The molecule has 0 atom stereocenters. The highest BCUT2D eigenvalue weighted by atomic mass is 32.1. The molecule has 1 saturated heterocycles. The first-order valence-corrected chi connectivity index (χ1v) is 11.9. The molecule has 0 spiro atoms. The molecule has 7 heteroatoms. The van der Waals surface area contributed by atoms with E-state index < -0.39 is 0 Å². The van der Waals surface area contributed by atoms with Gasteiger partial charge in [-0.2, -0.15) is 0 Å². The number of benzene rings is 1. The number of likely N-dealkylation sites (N-methyl/N-ethyl adjacent to an activating group) is 1. The minimum atomic E-state index is 0.294. The van der Waals surface area contributed by atoms with Crippen LogP contribution in [0.1, 0.15) is 38.5 Å². The lowest BCUT2D eigenvalue weighted by Gasteiger charge is -2.35. The summed E-state index contributed by atoms with van der Waals surface area (Å²) >= 11 is 1.72. The van der Waals surface area contributed by atoms with Crippen LogP contribution in [0.5, 0.6) is 0 Å². The maximum absolute atomic E-state index is 12.5. The van der Waals surface area contributed by atoms with E-state index in [2.05, 4.69) is 51.5 Å². The van der Waals surface area contributed by atoms with Gasteiger partial charge >= 0.3 is 0 Å². The van der Waals surface area contributed by atoms with Crippen molar-refractivity contribution in [2.24, 2.45) is 0 Å². The average Bonchev–Trinajstić information content (AvgIpc) is 3.43. The molecule has 1 aliphatic carbocycles. The molecule has 0 radical (unpaired) electrons.